The Bertz CT molecular complexity index is 1010. The number of carbonyl (C=O) groups excluding carboxylic acids is 2. The molecule has 3 heterocycles. The van der Waals surface area contributed by atoms with E-state index in [0.717, 1.165) is 41.7 Å². The van der Waals surface area contributed by atoms with Crippen LogP contribution >= 0.6 is 0 Å². The lowest BCUT2D eigenvalue weighted by Crippen LogP contribution is -2.44. The molecule has 7 heteroatoms. The molecule has 2 aromatic heterocycles. The van der Waals surface area contributed by atoms with Crippen LogP contribution in [0.25, 0.3) is 10.9 Å². The maximum atomic E-state index is 12.7. The molecule has 7 nitrogen and oxygen atoms in total. The molecule has 2 amide bonds. The summed E-state index contributed by atoms with van der Waals surface area (Å²) in [7, 11) is 0. The highest BCUT2D eigenvalue weighted by molar-refractivity contribution is 5.91. The molecule has 1 aromatic carbocycles. The standard InChI is InChI=1S/C22H27N5O2/c1-2-20-23-11-13-26(20)12-5-10-24-22(29)19-8-9-21(28)27(19)15-16-14-25-18-7-4-3-6-17(16)18/h3-4,6-7,11,13-14,19,25H,2,5,8-10,12,15H2,1H3,(H,24,29). The fourth-order valence-electron chi connectivity index (χ4n) is 4.09. The third-order valence-corrected chi connectivity index (χ3v) is 5.64. The van der Waals surface area contributed by atoms with Crippen molar-refractivity contribution in [1.29, 1.82) is 0 Å². The lowest BCUT2D eigenvalue weighted by atomic mass is 10.1. The van der Waals surface area contributed by atoms with Gasteiger partial charge in [-0.25, -0.2) is 4.98 Å². The van der Waals surface area contributed by atoms with Gasteiger partial charge >= 0.3 is 0 Å². The molecule has 152 valence electrons. The van der Waals surface area contributed by atoms with Gasteiger partial charge in [-0.3, -0.25) is 9.59 Å². The summed E-state index contributed by atoms with van der Waals surface area (Å²) in [5.41, 5.74) is 2.09. The van der Waals surface area contributed by atoms with E-state index in [0.29, 0.717) is 25.9 Å². The molecule has 0 saturated carbocycles. The second-order valence-electron chi connectivity index (χ2n) is 7.47. The fourth-order valence-corrected chi connectivity index (χ4v) is 4.09. The number of imidazole rings is 1. The van der Waals surface area contributed by atoms with Gasteiger partial charge in [0.15, 0.2) is 0 Å². The Morgan fingerprint density at radius 1 is 1.34 bits per heavy atom. The number of rotatable bonds is 8. The van der Waals surface area contributed by atoms with Gasteiger partial charge in [0.2, 0.25) is 11.8 Å². The quantitative estimate of drug-likeness (QED) is 0.577. The average Bonchev–Trinajstić information content (AvgIpc) is 3.45. The van der Waals surface area contributed by atoms with E-state index in [1.54, 1.807) is 4.90 Å². The summed E-state index contributed by atoms with van der Waals surface area (Å²) >= 11 is 0. The van der Waals surface area contributed by atoms with Crippen LogP contribution in [0, 0.1) is 0 Å². The number of fused-ring (bicyclic) bond motifs is 1. The Kier molecular flexibility index (Phi) is 5.64. The van der Waals surface area contributed by atoms with Crippen LogP contribution in [0.3, 0.4) is 0 Å². The summed E-state index contributed by atoms with van der Waals surface area (Å²) < 4.78 is 2.12. The molecule has 1 saturated heterocycles. The van der Waals surface area contributed by atoms with Crippen LogP contribution in [-0.2, 0) is 29.1 Å². The molecule has 0 spiro atoms. The highest BCUT2D eigenvalue weighted by atomic mass is 16.2. The highest BCUT2D eigenvalue weighted by Crippen LogP contribution is 2.25. The number of hydrogen-bond donors (Lipinski definition) is 2. The van der Waals surface area contributed by atoms with Gasteiger partial charge in [0.25, 0.3) is 0 Å². The van der Waals surface area contributed by atoms with Gasteiger partial charge in [0, 0.05) is 62.0 Å². The van der Waals surface area contributed by atoms with Crippen LogP contribution in [0.4, 0.5) is 0 Å². The van der Waals surface area contributed by atoms with Gasteiger partial charge in [-0.15, -0.1) is 0 Å². The SMILES string of the molecule is CCc1nccn1CCCNC(=O)C1CCC(=O)N1Cc1c[nH]c2ccccc12. The number of carbonyl (C=O) groups is 2. The first-order chi connectivity index (χ1) is 14.2. The van der Waals surface area contributed by atoms with Gasteiger partial charge in [-0.1, -0.05) is 25.1 Å². The van der Waals surface area contributed by atoms with Crippen molar-refractivity contribution in [2.24, 2.45) is 0 Å². The van der Waals surface area contributed by atoms with Crippen molar-refractivity contribution in [3.05, 3.63) is 54.2 Å². The molecule has 1 aliphatic rings. The molecule has 1 aliphatic heterocycles. The summed E-state index contributed by atoms with van der Waals surface area (Å²) in [6, 6.07) is 7.62. The van der Waals surface area contributed by atoms with E-state index in [1.165, 1.54) is 0 Å². The molecule has 1 fully saturated rings. The molecule has 0 bridgehead atoms. The zero-order valence-electron chi connectivity index (χ0n) is 16.7. The van der Waals surface area contributed by atoms with Gasteiger partial charge in [-0.2, -0.15) is 0 Å². The van der Waals surface area contributed by atoms with Crippen LogP contribution in [0.2, 0.25) is 0 Å². The molecule has 2 N–H and O–H groups in total. The smallest absolute Gasteiger partial charge is 0.242 e. The number of para-hydroxylation sites is 1. The lowest BCUT2D eigenvalue weighted by molar-refractivity contribution is -0.135. The second-order valence-corrected chi connectivity index (χ2v) is 7.47. The predicted molar refractivity (Wildman–Crippen MR) is 111 cm³/mol. The summed E-state index contributed by atoms with van der Waals surface area (Å²) in [5.74, 6) is 1.04. The number of aromatic amines is 1. The Morgan fingerprint density at radius 2 is 2.21 bits per heavy atom. The lowest BCUT2D eigenvalue weighted by Gasteiger charge is -2.24. The summed E-state index contributed by atoms with van der Waals surface area (Å²) in [4.78, 5) is 34.5. The third-order valence-electron chi connectivity index (χ3n) is 5.64. The van der Waals surface area contributed by atoms with Crippen molar-refractivity contribution in [2.45, 2.75) is 51.7 Å². The second kappa shape index (κ2) is 8.51. The van der Waals surface area contributed by atoms with Crippen molar-refractivity contribution in [3.8, 4) is 0 Å². The summed E-state index contributed by atoms with van der Waals surface area (Å²) in [5, 5.41) is 4.11. The minimum atomic E-state index is -0.393. The maximum absolute atomic E-state index is 12.7. The summed E-state index contributed by atoms with van der Waals surface area (Å²) in [6.45, 7) is 3.95. The number of nitrogens with zero attached hydrogens (tertiary/aromatic N) is 3. The van der Waals surface area contributed by atoms with E-state index in [4.69, 9.17) is 0 Å². The Hall–Kier alpha value is -3.09. The first-order valence-corrected chi connectivity index (χ1v) is 10.3. The van der Waals surface area contributed by atoms with Crippen LogP contribution in [-0.4, -0.2) is 43.8 Å². The van der Waals surface area contributed by atoms with E-state index in [-0.39, 0.29) is 11.8 Å². The monoisotopic (exact) mass is 393 g/mol. The predicted octanol–water partition coefficient (Wildman–Crippen LogP) is 2.62. The topological polar surface area (TPSA) is 83.0 Å². The van der Waals surface area contributed by atoms with Crippen LogP contribution in [0.5, 0.6) is 0 Å². The number of aryl methyl sites for hydroxylation is 2. The number of nitrogens with one attached hydrogen (secondary N) is 2. The first-order valence-electron chi connectivity index (χ1n) is 10.3. The third kappa shape index (κ3) is 4.04. The minimum absolute atomic E-state index is 0.0430. The number of amides is 2. The first kappa shape index (κ1) is 19.2. The van der Waals surface area contributed by atoms with E-state index < -0.39 is 6.04 Å². The molecule has 3 aromatic rings. The van der Waals surface area contributed by atoms with E-state index in [1.807, 2.05) is 42.9 Å². The van der Waals surface area contributed by atoms with Crippen LogP contribution in [0.1, 0.15) is 37.6 Å². The number of benzene rings is 1. The van der Waals surface area contributed by atoms with Crippen molar-refractivity contribution >= 4 is 22.7 Å². The molecule has 0 radical (unpaired) electrons. The van der Waals surface area contributed by atoms with Crippen molar-refractivity contribution in [3.63, 3.8) is 0 Å². The molecule has 29 heavy (non-hydrogen) atoms. The normalized spacial score (nSPS) is 16.7. The van der Waals surface area contributed by atoms with Gasteiger partial charge in [0.1, 0.15) is 11.9 Å². The fraction of sp³-hybridized carbons (Fsp3) is 0.409. The largest absolute Gasteiger partial charge is 0.361 e. The van der Waals surface area contributed by atoms with Crippen LogP contribution in [0.15, 0.2) is 42.9 Å². The van der Waals surface area contributed by atoms with E-state index >= 15 is 0 Å². The van der Waals surface area contributed by atoms with Gasteiger partial charge in [0.05, 0.1) is 0 Å². The molecular formula is C22H27N5O2. The zero-order valence-corrected chi connectivity index (χ0v) is 16.7. The van der Waals surface area contributed by atoms with Crippen molar-refractivity contribution < 1.29 is 9.59 Å². The Morgan fingerprint density at radius 3 is 3.07 bits per heavy atom. The molecule has 4 rings (SSSR count). The van der Waals surface area contributed by atoms with E-state index in [2.05, 4.69) is 26.8 Å². The Balaban J connectivity index is 1.34. The Labute approximate surface area is 170 Å². The molecule has 1 unspecified atom stereocenters. The summed E-state index contributed by atoms with van der Waals surface area (Å²) in [6.07, 6.45) is 8.44. The molecular weight excluding hydrogens is 366 g/mol. The van der Waals surface area contributed by atoms with E-state index in [9.17, 15) is 9.59 Å². The zero-order chi connectivity index (χ0) is 20.2. The van der Waals surface area contributed by atoms with Gasteiger partial charge in [-0.05, 0) is 24.5 Å². The minimum Gasteiger partial charge on any atom is -0.361 e. The number of hydrogen-bond acceptors (Lipinski definition) is 3. The number of aromatic nitrogens is 3. The highest BCUT2D eigenvalue weighted by Gasteiger charge is 2.36. The van der Waals surface area contributed by atoms with Crippen molar-refractivity contribution in [2.75, 3.05) is 6.54 Å². The van der Waals surface area contributed by atoms with Crippen molar-refractivity contribution in [1.82, 2.24) is 24.8 Å². The molecule has 0 aliphatic carbocycles. The number of H-pyrrole nitrogens is 1. The average molecular weight is 393 g/mol. The maximum Gasteiger partial charge on any atom is 0.242 e. The van der Waals surface area contributed by atoms with Crippen LogP contribution < -0.4 is 5.32 Å². The van der Waals surface area contributed by atoms with Gasteiger partial charge < -0.3 is 19.8 Å². The number of likely N-dealkylation sites (tertiary alicyclic amines) is 1. The molecule has 1 atom stereocenters.